The number of amides is 1. The standard InChI is InChI=1S/C20H18N6OS/c1-11-5-8-15-13(9-22-26-15)18(11)25-19(27)16-10-21-20(28-16)24-17-4-2-3-14(23-17)12-6-7-12/h2-5,8-10,12H,6-7H2,1H3,(H,22,26)(H,25,27)(H,21,23,24). The smallest absolute Gasteiger partial charge is 0.267 e. The van der Waals surface area contributed by atoms with Crippen molar-refractivity contribution < 1.29 is 4.79 Å². The molecule has 0 unspecified atom stereocenters. The van der Waals surface area contributed by atoms with Crippen molar-refractivity contribution in [3.63, 3.8) is 0 Å². The first-order valence-electron chi connectivity index (χ1n) is 9.11. The molecular formula is C20H18N6OS. The number of rotatable bonds is 5. The summed E-state index contributed by atoms with van der Waals surface area (Å²) < 4.78 is 0. The summed E-state index contributed by atoms with van der Waals surface area (Å²) in [4.78, 5) is 22.2. The Kier molecular flexibility index (Phi) is 4.05. The Hall–Kier alpha value is -3.26. The van der Waals surface area contributed by atoms with Gasteiger partial charge in [0.15, 0.2) is 5.13 Å². The van der Waals surface area contributed by atoms with Gasteiger partial charge in [-0.3, -0.25) is 9.89 Å². The fraction of sp³-hybridized carbons (Fsp3) is 0.200. The minimum Gasteiger partial charge on any atom is -0.320 e. The molecule has 0 radical (unpaired) electrons. The summed E-state index contributed by atoms with van der Waals surface area (Å²) in [5.74, 6) is 1.15. The Bertz CT molecular complexity index is 1180. The molecule has 1 amide bonds. The van der Waals surface area contributed by atoms with Crippen LogP contribution in [0, 0.1) is 6.92 Å². The normalized spacial score (nSPS) is 13.6. The third-order valence-corrected chi connectivity index (χ3v) is 5.71. The molecule has 1 fully saturated rings. The van der Waals surface area contributed by atoms with E-state index in [-0.39, 0.29) is 5.91 Å². The van der Waals surface area contributed by atoms with E-state index >= 15 is 0 Å². The number of nitrogens with one attached hydrogen (secondary N) is 3. The fourth-order valence-corrected chi connectivity index (χ4v) is 3.86. The second-order valence-electron chi connectivity index (χ2n) is 6.92. The van der Waals surface area contributed by atoms with Crippen LogP contribution in [0.3, 0.4) is 0 Å². The number of hydrogen-bond donors (Lipinski definition) is 3. The highest BCUT2D eigenvalue weighted by Crippen LogP contribution is 2.39. The van der Waals surface area contributed by atoms with Crippen molar-refractivity contribution >= 4 is 44.8 Å². The molecule has 1 saturated carbocycles. The number of carbonyl (C=O) groups excluding carboxylic acids is 1. The molecule has 0 saturated heterocycles. The predicted octanol–water partition coefficient (Wildman–Crippen LogP) is 4.60. The Morgan fingerprint density at radius 2 is 2.11 bits per heavy atom. The molecule has 4 aromatic rings. The number of aromatic amines is 1. The quantitative estimate of drug-likeness (QED) is 0.463. The van der Waals surface area contributed by atoms with Gasteiger partial charge in [0.1, 0.15) is 10.7 Å². The van der Waals surface area contributed by atoms with Crippen molar-refractivity contribution in [3.8, 4) is 0 Å². The maximum absolute atomic E-state index is 12.7. The van der Waals surface area contributed by atoms with Crippen molar-refractivity contribution in [1.29, 1.82) is 0 Å². The average Bonchev–Trinajstić information content (AvgIpc) is 3.26. The summed E-state index contributed by atoms with van der Waals surface area (Å²) in [6, 6.07) is 9.87. The summed E-state index contributed by atoms with van der Waals surface area (Å²) in [6.45, 7) is 1.96. The molecule has 0 spiro atoms. The number of nitrogens with zero attached hydrogens (tertiary/aromatic N) is 3. The number of hydrogen-bond acceptors (Lipinski definition) is 6. The van der Waals surface area contributed by atoms with Gasteiger partial charge in [-0.2, -0.15) is 5.10 Å². The van der Waals surface area contributed by atoms with Gasteiger partial charge in [-0.1, -0.05) is 23.5 Å². The zero-order valence-corrected chi connectivity index (χ0v) is 16.0. The molecule has 8 heteroatoms. The average molecular weight is 390 g/mol. The van der Waals surface area contributed by atoms with E-state index in [9.17, 15) is 4.79 Å². The molecular weight excluding hydrogens is 372 g/mol. The van der Waals surface area contributed by atoms with Gasteiger partial charge in [0.25, 0.3) is 5.91 Å². The second kappa shape index (κ2) is 6.72. The molecule has 3 heterocycles. The third-order valence-electron chi connectivity index (χ3n) is 4.80. The molecule has 1 aromatic carbocycles. The van der Waals surface area contributed by atoms with Crippen molar-refractivity contribution in [1.82, 2.24) is 20.2 Å². The highest BCUT2D eigenvalue weighted by atomic mass is 32.1. The maximum Gasteiger partial charge on any atom is 0.267 e. The van der Waals surface area contributed by atoms with Crippen LogP contribution in [-0.2, 0) is 0 Å². The van der Waals surface area contributed by atoms with E-state index < -0.39 is 0 Å². The van der Waals surface area contributed by atoms with E-state index in [2.05, 4.69) is 36.9 Å². The van der Waals surface area contributed by atoms with Gasteiger partial charge in [-0.25, -0.2) is 9.97 Å². The minimum atomic E-state index is -0.193. The number of anilines is 3. The summed E-state index contributed by atoms with van der Waals surface area (Å²) in [5.41, 5.74) is 3.74. The van der Waals surface area contributed by atoms with Gasteiger partial charge >= 0.3 is 0 Å². The van der Waals surface area contributed by atoms with E-state index in [1.54, 1.807) is 12.4 Å². The molecule has 140 valence electrons. The molecule has 28 heavy (non-hydrogen) atoms. The van der Waals surface area contributed by atoms with Gasteiger partial charge in [0.05, 0.1) is 23.6 Å². The maximum atomic E-state index is 12.7. The fourth-order valence-electron chi connectivity index (χ4n) is 3.14. The lowest BCUT2D eigenvalue weighted by atomic mass is 10.1. The van der Waals surface area contributed by atoms with E-state index in [0.717, 1.165) is 33.7 Å². The highest BCUT2D eigenvalue weighted by Gasteiger charge is 2.25. The van der Waals surface area contributed by atoms with Crippen LogP contribution in [0.15, 0.2) is 42.7 Å². The SMILES string of the molecule is Cc1ccc2[nH]ncc2c1NC(=O)c1cnc(Nc2cccc(C3CC3)n2)s1. The Morgan fingerprint density at radius 1 is 1.21 bits per heavy atom. The minimum absolute atomic E-state index is 0.193. The molecule has 3 N–H and O–H groups in total. The monoisotopic (exact) mass is 390 g/mol. The number of thiazole rings is 1. The van der Waals surface area contributed by atoms with Crippen LogP contribution in [0.2, 0.25) is 0 Å². The Morgan fingerprint density at radius 3 is 2.96 bits per heavy atom. The molecule has 1 aliphatic carbocycles. The summed E-state index contributed by atoms with van der Waals surface area (Å²) in [5, 5.41) is 14.7. The van der Waals surface area contributed by atoms with Gasteiger partial charge < -0.3 is 10.6 Å². The highest BCUT2D eigenvalue weighted by molar-refractivity contribution is 7.17. The van der Waals surface area contributed by atoms with Crippen molar-refractivity contribution in [2.45, 2.75) is 25.7 Å². The van der Waals surface area contributed by atoms with E-state index in [1.807, 2.05) is 31.2 Å². The van der Waals surface area contributed by atoms with Crippen molar-refractivity contribution in [2.75, 3.05) is 10.6 Å². The number of H-pyrrole nitrogens is 1. The van der Waals surface area contributed by atoms with E-state index in [4.69, 9.17) is 0 Å². The summed E-state index contributed by atoms with van der Waals surface area (Å²) in [7, 11) is 0. The third kappa shape index (κ3) is 3.22. The van der Waals surface area contributed by atoms with Crippen molar-refractivity contribution in [3.05, 3.63) is 58.9 Å². The van der Waals surface area contributed by atoms with Crippen LogP contribution >= 0.6 is 11.3 Å². The molecule has 7 nitrogen and oxygen atoms in total. The summed E-state index contributed by atoms with van der Waals surface area (Å²) in [6.07, 6.45) is 5.72. The number of fused-ring (bicyclic) bond motifs is 1. The molecule has 0 atom stereocenters. The number of aryl methyl sites for hydroxylation is 1. The van der Waals surface area contributed by atoms with Gasteiger partial charge in [0, 0.05) is 17.0 Å². The van der Waals surface area contributed by atoms with Crippen LogP contribution in [0.1, 0.15) is 39.7 Å². The number of pyridine rings is 1. The van der Waals surface area contributed by atoms with Gasteiger partial charge in [-0.05, 0) is 43.5 Å². The van der Waals surface area contributed by atoms with Crippen LogP contribution in [0.5, 0.6) is 0 Å². The Balaban J connectivity index is 1.34. The first kappa shape index (κ1) is 16.9. The second-order valence-corrected chi connectivity index (χ2v) is 7.95. The molecule has 5 rings (SSSR count). The van der Waals surface area contributed by atoms with Crippen LogP contribution in [0.4, 0.5) is 16.6 Å². The molecule has 0 aliphatic heterocycles. The van der Waals surface area contributed by atoms with E-state index in [1.165, 1.54) is 24.2 Å². The zero-order chi connectivity index (χ0) is 19.1. The molecule has 0 bridgehead atoms. The lowest BCUT2D eigenvalue weighted by molar-refractivity contribution is 0.103. The molecule has 3 aromatic heterocycles. The first-order chi connectivity index (χ1) is 13.7. The topological polar surface area (TPSA) is 95.6 Å². The lowest BCUT2D eigenvalue weighted by Crippen LogP contribution is -2.11. The van der Waals surface area contributed by atoms with Gasteiger partial charge in [0.2, 0.25) is 0 Å². The molecule has 1 aliphatic rings. The number of aromatic nitrogens is 4. The largest absolute Gasteiger partial charge is 0.320 e. The number of carbonyl (C=O) groups is 1. The van der Waals surface area contributed by atoms with Crippen LogP contribution in [-0.4, -0.2) is 26.1 Å². The van der Waals surface area contributed by atoms with Crippen molar-refractivity contribution in [2.24, 2.45) is 0 Å². The summed E-state index contributed by atoms with van der Waals surface area (Å²) >= 11 is 1.30. The number of benzene rings is 1. The Labute approximate surface area is 165 Å². The van der Waals surface area contributed by atoms with E-state index in [0.29, 0.717) is 15.9 Å². The predicted molar refractivity (Wildman–Crippen MR) is 110 cm³/mol. The zero-order valence-electron chi connectivity index (χ0n) is 15.2. The lowest BCUT2D eigenvalue weighted by Gasteiger charge is -2.08. The van der Waals surface area contributed by atoms with Crippen LogP contribution < -0.4 is 10.6 Å². The first-order valence-corrected chi connectivity index (χ1v) is 9.93. The van der Waals surface area contributed by atoms with Gasteiger partial charge in [-0.15, -0.1) is 0 Å². The van der Waals surface area contributed by atoms with Crippen LogP contribution in [0.25, 0.3) is 10.9 Å².